The van der Waals surface area contributed by atoms with Crippen LogP contribution < -0.4 is 16.0 Å². The maximum Gasteiger partial charge on any atom is 0.270 e. The third kappa shape index (κ3) is 7.23. The van der Waals surface area contributed by atoms with E-state index < -0.39 is 10.8 Å². The van der Waals surface area contributed by atoms with Gasteiger partial charge in [0, 0.05) is 40.2 Å². The Labute approximate surface area is 199 Å². The minimum Gasteiger partial charge on any atom is -0.332 e. The fourth-order valence-corrected chi connectivity index (χ4v) is 3.11. The van der Waals surface area contributed by atoms with Gasteiger partial charge in [-0.25, -0.2) is 0 Å². The van der Waals surface area contributed by atoms with Gasteiger partial charge in [-0.2, -0.15) is 0 Å². The standard InChI is InChI=1S/C23H17ClN4O4S/c24-17-5-2-4-16(14-17)22(30)25-18-8-10-19(11-9-18)26-23(33)27-21(29)12-7-15-3-1-6-20(13-15)28(31)32/h1-14H,(H,25,30)(H2,26,27,29,33)/b12-7+. The molecule has 8 nitrogen and oxygen atoms in total. The average molecular weight is 481 g/mol. The summed E-state index contributed by atoms with van der Waals surface area (Å²) in [4.78, 5) is 34.6. The Kier molecular flexibility index (Phi) is 7.85. The highest BCUT2D eigenvalue weighted by Gasteiger charge is 2.08. The van der Waals surface area contributed by atoms with Gasteiger partial charge in [0.1, 0.15) is 0 Å². The molecular formula is C23H17ClN4O4S. The summed E-state index contributed by atoms with van der Waals surface area (Å²) < 4.78 is 0. The van der Waals surface area contributed by atoms with Gasteiger partial charge >= 0.3 is 0 Å². The topological polar surface area (TPSA) is 113 Å². The number of rotatable bonds is 6. The van der Waals surface area contributed by atoms with Gasteiger partial charge in [0.25, 0.3) is 11.6 Å². The van der Waals surface area contributed by atoms with E-state index in [1.807, 2.05) is 0 Å². The van der Waals surface area contributed by atoms with E-state index >= 15 is 0 Å². The molecule has 10 heteroatoms. The molecule has 0 saturated heterocycles. The predicted octanol–water partition coefficient (Wildman–Crippen LogP) is 5.03. The Morgan fingerprint density at radius 3 is 2.27 bits per heavy atom. The zero-order chi connectivity index (χ0) is 23.8. The van der Waals surface area contributed by atoms with Gasteiger partial charge in [-0.15, -0.1) is 0 Å². The molecule has 2 amide bonds. The summed E-state index contributed by atoms with van der Waals surface area (Å²) in [5.74, 6) is -0.791. The normalized spacial score (nSPS) is 10.5. The number of hydrogen-bond acceptors (Lipinski definition) is 5. The number of carbonyl (C=O) groups is 2. The van der Waals surface area contributed by atoms with E-state index in [2.05, 4.69) is 16.0 Å². The lowest BCUT2D eigenvalue weighted by Crippen LogP contribution is -2.32. The van der Waals surface area contributed by atoms with E-state index in [0.717, 1.165) is 0 Å². The third-order valence-corrected chi connectivity index (χ3v) is 4.67. The first-order valence-corrected chi connectivity index (χ1v) is 10.3. The second kappa shape index (κ2) is 11.0. The number of nitrogens with one attached hydrogen (secondary N) is 3. The Hall–Kier alpha value is -4.08. The molecule has 0 atom stereocenters. The van der Waals surface area contributed by atoms with Crippen molar-refractivity contribution >= 4 is 63.9 Å². The zero-order valence-corrected chi connectivity index (χ0v) is 18.5. The number of halogens is 1. The highest BCUT2D eigenvalue weighted by Crippen LogP contribution is 2.17. The van der Waals surface area contributed by atoms with Crippen molar-refractivity contribution in [2.24, 2.45) is 0 Å². The molecule has 0 radical (unpaired) electrons. The maximum atomic E-state index is 12.3. The number of benzene rings is 3. The van der Waals surface area contributed by atoms with E-state index in [-0.39, 0.29) is 16.7 Å². The Morgan fingerprint density at radius 1 is 0.939 bits per heavy atom. The maximum absolute atomic E-state index is 12.3. The first kappa shape index (κ1) is 23.6. The van der Waals surface area contributed by atoms with Crippen molar-refractivity contribution in [3.63, 3.8) is 0 Å². The highest BCUT2D eigenvalue weighted by atomic mass is 35.5. The lowest BCUT2D eigenvalue weighted by molar-refractivity contribution is -0.384. The molecule has 0 saturated carbocycles. The number of carbonyl (C=O) groups excluding carboxylic acids is 2. The van der Waals surface area contributed by atoms with E-state index in [9.17, 15) is 19.7 Å². The van der Waals surface area contributed by atoms with E-state index in [0.29, 0.717) is 27.5 Å². The number of anilines is 2. The Morgan fingerprint density at radius 2 is 1.61 bits per heavy atom. The van der Waals surface area contributed by atoms with Gasteiger partial charge in [0.15, 0.2) is 5.11 Å². The van der Waals surface area contributed by atoms with E-state index in [1.54, 1.807) is 54.6 Å². The number of amides is 2. The van der Waals surface area contributed by atoms with Crippen LogP contribution in [-0.2, 0) is 4.79 Å². The molecule has 0 aromatic heterocycles. The summed E-state index contributed by atoms with van der Waals surface area (Å²) in [6.45, 7) is 0. The number of nitro benzene ring substituents is 1. The van der Waals surface area contributed by atoms with Crippen LogP contribution in [0.3, 0.4) is 0 Å². The monoisotopic (exact) mass is 480 g/mol. The molecular weight excluding hydrogens is 464 g/mol. The van der Waals surface area contributed by atoms with Crippen LogP contribution in [0.1, 0.15) is 15.9 Å². The van der Waals surface area contributed by atoms with Crippen molar-refractivity contribution in [3.8, 4) is 0 Å². The summed E-state index contributed by atoms with van der Waals surface area (Å²) in [6, 6.07) is 19.2. The van der Waals surface area contributed by atoms with E-state index in [1.165, 1.54) is 30.4 Å². The molecule has 0 fully saturated rings. The van der Waals surface area contributed by atoms with Gasteiger partial charge < -0.3 is 10.6 Å². The van der Waals surface area contributed by atoms with Gasteiger partial charge in [-0.05, 0) is 66.3 Å². The smallest absolute Gasteiger partial charge is 0.270 e. The summed E-state index contributed by atoms with van der Waals surface area (Å²) in [5, 5.41) is 19.5. The summed E-state index contributed by atoms with van der Waals surface area (Å²) in [5.41, 5.74) is 2.05. The summed E-state index contributed by atoms with van der Waals surface area (Å²) >= 11 is 11.0. The summed E-state index contributed by atoms with van der Waals surface area (Å²) in [6.07, 6.45) is 2.67. The number of nitro groups is 1. The van der Waals surface area contributed by atoms with Crippen molar-refractivity contribution in [2.75, 3.05) is 10.6 Å². The predicted molar refractivity (Wildman–Crippen MR) is 132 cm³/mol. The van der Waals surface area contributed by atoms with Crippen LogP contribution in [0.2, 0.25) is 5.02 Å². The average Bonchev–Trinajstić information content (AvgIpc) is 2.79. The molecule has 3 N–H and O–H groups in total. The van der Waals surface area contributed by atoms with Gasteiger partial charge in [0.2, 0.25) is 5.91 Å². The fourth-order valence-electron chi connectivity index (χ4n) is 2.70. The molecule has 3 rings (SSSR count). The fraction of sp³-hybridized carbons (Fsp3) is 0. The van der Waals surface area contributed by atoms with Crippen molar-refractivity contribution < 1.29 is 14.5 Å². The van der Waals surface area contributed by atoms with Gasteiger partial charge in [-0.3, -0.25) is 25.0 Å². The Bertz CT molecular complexity index is 1250. The lowest BCUT2D eigenvalue weighted by atomic mass is 10.2. The largest absolute Gasteiger partial charge is 0.332 e. The number of hydrogen-bond donors (Lipinski definition) is 3. The van der Waals surface area contributed by atoms with Crippen LogP contribution in [0.5, 0.6) is 0 Å². The van der Waals surface area contributed by atoms with Crippen molar-refractivity contribution in [1.29, 1.82) is 0 Å². The number of nitrogens with zero attached hydrogens (tertiary/aromatic N) is 1. The molecule has 166 valence electrons. The molecule has 0 unspecified atom stereocenters. The quantitative estimate of drug-likeness (QED) is 0.197. The SMILES string of the molecule is O=C(/C=C/c1cccc([N+](=O)[O-])c1)NC(=S)Nc1ccc(NC(=O)c2cccc(Cl)c2)cc1. The van der Waals surface area contributed by atoms with E-state index in [4.69, 9.17) is 23.8 Å². The highest BCUT2D eigenvalue weighted by molar-refractivity contribution is 7.80. The van der Waals surface area contributed by atoms with Crippen LogP contribution in [0.25, 0.3) is 6.08 Å². The third-order valence-electron chi connectivity index (χ3n) is 4.23. The van der Waals surface area contributed by atoms with Crippen LogP contribution in [0, 0.1) is 10.1 Å². The molecule has 0 aliphatic carbocycles. The van der Waals surface area contributed by atoms with Gasteiger partial charge in [0.05, 0.1) is 4.92 Å². The molecule has 0 aliphatic rings. The molecule has 3 aromatic rings. The van der Waals surface area contributed by atoms with Crippen LogP contribution in [0.4, 0.5) is 17.1 Å². The van der Waals surface area contributed by atoms with Crippen LogP contribution in [0.15, 0.2) is 78.9 Å². The lowest BCUT2D eigenvalue weighted by Gasteiger charge is -2.10. The second-order valence-electron chi connectivity index (χ2n) is 6.67. The zero-order valence-electron chi connectivity index (χ0n) is 16.9. The minimum atomic E-state index is -0.509. The first-order valence-electron chi connectivity index (χ1n) is 9.51. The molecule has 0 spiro atoms. The molecule has 33 heavy (non-hydrogen) atoms. The van der Waals surface area contributed by atoms with Crippen molar-refractivity contribution in [1.82, 2.24) is 5.32 Å². The molecule has 3 aromatic carbocycles. The van der Waals surface area contributed by atoms with Crippen LogP contribution >= 0.6 is 23.8 Å². The number of thiocarbonyl (C=S) groups is 1. The van der Waals surface area contributed by atoms with Gasteiger partial charge in [-0.1, -0.05) is 29.8 Å². The second-order valence-corrected chi connectivity index (χ2v) is 7.52. The number of non-ortho nitro benzene ring substituents is 1. The van der Waals surface area contributed by atoms with Crippen molar-refractivity contribution in [2.45, 2.75) is 0 Å². The van der Waals surface area contributed by atoms with Crippen LogP contribution in [-0.4, -0.2) is 21.9 Å². The molecule has 0 bridgehead atoms. The first-order chi connectivity index (χ1) is 15.8. The molecule has 0 heterocycles. The minimum absolute atomic E-state index is 0.0676. The van der Waals surface area contributed by atoms with Crippen molar-refractivity contribution in [3.05, 3.63) is 105 Å². The summed E-state index contributed by atoms with van der Waals surface area (Å²) in [7, 11) is 0. The molecule has 0 aliphatic heterocycles. The Balaban J connectivity index is 1.52.